The van der Waals surface area contributed by atoms with Gasteiger partial charge in [0.1, 0.15) is 16.3 Å². The third kappa shape index (κ3) is 3.59. The molecule has 0 aromatic heterocycles. The lowest BCUT2D eigenvalue weighted by Crippen LogP contribution is -2.35. The van der Waals surface area contributed by atoms with Crippen LogP contribution in [-0.2, 0) is 11.2 Å². The lowest BCUT2D eigenvalue weighted by Gasteiger charge is -2.18. The number of hydrogen-bond donors (Lipinski definition) is 1. The van der Waals surface area contributed by atoms with Gasteiger partial charge in [0.25, 0.3) is 0 Å². The Hall–Kier alpha value is -2.34. The number of hydrogen-bond acceptors (Lipinski definition) is 4. The first kappa shape index (κ1) is 16.5. The molecular weight excluding hydrogens is 327 g/mol. The molecule has 1 N–H and O–H groups in total. The van der Waals surface area contributed by atoms with E-state index in [1.165, 1.54) is 23.9 Å². The van der Waals surface area contributed by atoms with E-state index in [0.29, 0.717) is 17.3 Å². The van der Waals surface area contributed by atoms with Crippen molar-refractivity contribution in [2.24, 2.45) is 4.99 Å². The maximum atomic E-state index is 12.9. The van der Waals surface area contributed by atoms with E-state index >= 15 is 0 Å². The van der Waals surface area contributed by atoms with Crippen LogP contribution in [0.25, 0.3) is 0 Å². The van der Waals surface area contributed by atoms with Crippen molar-refractivity contribution in [1.82, 2.24) is 5.32 Å². The molecule has 0 radical (unpaired) electrons. The van der Waals surface area contributed by atoms with E-state index in [2.05, 4.69) is 10.3 Å². The molecule has 1 amide bonds. The number of halogens is 1. The molecule has 1 fully saturated rings. The number of thioether (sulfide) groups is 1. The van der Waals surface area contributed by atoms with E-state index in [4.69, 9.17) is 4.74 Å². The van der Waals surface area contributed by atoms with E-state index in [-0.39, 0.29) is 11.7 Å². The van der Waals surface area contributed by atoms with Gasteiger partial charge in [-0.25, -0.2) is 9.38 Å². The number of nitrogens with zero attached hydrogens (tertiary/aromatic N) is 1. The van der Waals surface area contributed by atoms with Crippen molar-refractivity contribution in [2.45, 2.75) is 18.1 Å². The first-order valence-corrected chi connectivity index (χ1v) is 8.28. The van der Waals surface area contributed by atoms with Crippen LogP contribution in [-0.4, -0.2) is 22.9 Å². The van der Waals surface area contributed by atoms with Gasteiger partial charge in [-0.05, 0) is 55.3 Å². The number of amidine groups is 1. The molecule has 24 heavy (non-hydrogen) atoms. The van der Waals surface area contributed by atoms with Crippen LogP contribution < -0.4 is 10.1 Å². The summed E-state index contributed by atoms with van der Waals surface area (Å²) in [6.45, 7) is 1.89. The fourth-order valence-electron chi connectivity index (χ4n) is 2.45. The molecule has 1 saturated heterocycles. The van der Waals surface area contributed by atoms with E-state index in [0.717, 1.165) is 11.3 Å². The fraction of sp³-hybridized carbons (Fsp3) is 0.222. The monoisotopic (exact) mass is 344 g/mol. The third-order valence-corrected chi connectivity index (χ3v) is 4.95. The quantitative estimate of drug-likeness (QED) is 0.920. The molecule has 3 rings (SSSR count). The Balaban J connectivity index is 1.76. The molecule has 1 atom stereocenters. The first-order chi connectivity index (χ1) is 11.5. The highest BCUT2D eigenvalue weighted by atomic mass is 32.2. The van der Waals surface area contributed by atoms with Gasteiger partial charge in [0.05, 0.1) is 12.8 Å². The van der Waals surface area contributed by atoms with Crippen LogP contribution in [0.1, 0.15) is 12.5 Å². The summed E-state index contributed by atoms with van der Waals surface area (Å²) in [5.41, 5.74) is 1.65. The van der Waals surface area contributed by atoms with Crippen molar-refractivity contribution in [3.05, 3.63) is 59.9 Å². The van der Waals surface area contributed by atoms with Gasteiger partial charge in [-0.15, -0.1) is 0 Å². The zero-order valence-electron chi connectivity index (χ0n) is 13.4. The number of methoxy groups -OCH3 is 1. The van der Waals surface area contributed by atoms with Crippen molar-refractivity contribution in [3.8, 4) is 5.75 Å². The first-order valence-electron chi connectivity index (χ1n) is 7.46. The highest BCUT2D eigenvalue weighted by molar-refractivity contribution is 8.16. The number of carbonyl (C=O) groups excluding carboxylic acids is 1. The molecule has 2 aromatic rings. The number of amides is 1. The van der Waals surface area contributed by atoms with E-state index < -0.39 is 4.75 Å². The third-order valence-electron chi connectivity index (χ3n) is 3.78. The highest BCUT2D eigenvalue weighted by Crippen LogP contribution is 2.36. The minimum Gasteiger partial charge on any atom is -0.497 e. The van der Waals surface area contributed by atoms with Gasteiger partial charge in [0, 0.05) is 0 Å². The van der Waals surface area contributed by atoms with Crippen LogP contribution in [0.4, 0.5) is 10.1 Å². The average Bonchev–Trinajstić information content (AvgIpc) is 2.84. The van der Waals surface area contributed by atoms with Crippen molar-refractivity contribution in [2.75, 3.05) is 7.11 Å². The molecule has 0 aliphatic carbocycles. The van der Waals surface area contributed by atoms with Gasteiger partial charge in [-0.3, -0.25) is 4.79 Å². The molecule has 1 unspecified atom stereocenters. The van der Waals surface area contributed by atoms with Crippen LogP contribution in [0.3, 0.4) is 0 Å². The lowest BCUT2D eigenvalue weighted by molar-refractivity contribution is -0.121. The molecule has 6 heteroatoms. The molecule has 0 bridgehead atoms. The standard InChI is InChI=1S/C18H17FN2O2S/c1-18(11-12-3-9-15(23-2)10-4-12)16(22)21-17(24-18)20-14-7-5-13(19)6-8-14/h3-10H,11H2,1-2H3,(H,20,21,22). The topological polar surface area (TPSA) is 50.7 Å². The van der Waals surface area contributed by atoms with E-state index in [1.807, 2.05) is 31.2 Å². The van der Waals surface area contributed by atoms with E-state index in [9.17, 15) is 9.18 Å². The Morgan fingerprint density at radius 1 is 1.17 bits per heavy atom. The number of carbonyl (C=O) groups is 1. The number of nitrogens with one attached hydrogen (secondary N) is 1. The lowest BCUT2D eigenvalue weighted by atomic mass is 9.99. The molecular formula is C18H17FN2O2S. The number of rotatable bonds is 4. The molecule has 1 aliphatic rings. The van der Waals surface area contributed by atoms with Crippen LogP contribution in [0.2, 0.25) is 0 Å². The van der Waals surface area contributed by atoms with Crippen molar-refractivity contribution >= 4 is 28.5 Å². The maximum absolute atomic E-state index is 12.9. The Bertz CT molecular complexity index is 775. The summed E-state index contributed by atoms with van der Waals surface area (Å²) in [7, 11) is 1.62. The predicted octanol–water partition coefficient (Wildman–Crippen LogP) is 3.69. The Morgan fingerprint density at radius 2 is 1.83 bits per heavy atom. The largest absolute Gasteiger partial charge is 0.497 e. The number of benzene rings is 2. The van der Waals surface area contributed by atoms with Crippen LogP contribution in [0.5, 0.6) is 5.75 Å². The van der Waals surface area contributed by atoms with Crippen LogP contribution in [0, 0.1) is 5.82 Å². The summed E-state index contributed by atoms with van der Waals surface area (Å²) in [6, 6.07) is 13.5. The molecule has 0 saturated carbocycles. The Kier molecular flexibility index (Phi) is 4.57. The number of ether oxygens (including phenoxy) is 1. The SMILES string of the molecule is COc1ccc(CC2(C)SC(=Nc3ccc(F)cc3)NC2=O)cc1. The maximum Gasteiger partial charge on any atom is 0.242 e. The summed E-state index contributed by atoms with van der Waals surface area (Å²) in [6.07, 6.45) is 0.579. The summed E-state index contributed by atoms with van der Waals surface area (Å²) in [5.74, 6) is 0.390. The van der Waals surface area contributed by atoms with Gasteiger partial charge in [-0.2, -0.15) is 0 Å². The molecule has 1 heterocycles. The molecule has 124 valence electrons. The zero-order valence-corrected chi connectivity index (χ0v) is 14.2. The van der Waals surface area contributed by atoms with Crippen molar-refractivity contribution < 1.29 is 13.9 Å². The summed E-state index contributed by atoms with van der Waals surface area (Å²) < 4.78 is 17.5. The average molecular weight is 344 g/mol. The number of aliphatic imine (C=N–C) groups is 1. The zero-order chi connectivity index (χ0) is 17.2. The molecule has 1 aliphatic heterocycles. The summed E-state index contributed by atoms with van der Waals surface area (Å²) in [4.78, 5) is 16.8. The summed E-state index contributed by atoms with van der Waals surface area (Å²) in [5, 5.41) is 3.34. The second kappa shape index (κ2) is 6.65. The second-order valence-electron chi connectivity index (χ2n) is 5.71. The molecule has 4 nitrogen and oxygen atoms in total. The van der Waals surface area contributed by atoms with Gasteiger partial charge >= 0.3 is 0 Å². The van der Waals surface area contributed by atoms with Gasteiger partial charge < -0.3 is 10.1 Å². The van der Waals surface area contributed by atoms with Gasteiger partial charge in [0.15, 0.2) is 5.17 Å². The van der Waals surface area contributed by atoms with Crippen molar-refractivity contribution in [1.29, 1.82) is 0 Å². The Labute approximate surface area is 144 Å². The highest BCUT2D eigenvalue weighted by Gasteiger charge is 2.42. The van der Waals surface area contributed by atoms with Gasteiger partial charge in [-0.1, -0.05) is 23.9 Å². The minimum absolute atomic E-state index is 0.0795. The fourth-order valence-corrected chi connectivity index (χ4v) is 3.55. The Morgan fingerprint density at radius 3 is 2.46 bits per heavy atom. The van der Waals surface area contributed by atoms with Crippen molar-refractivity contribution in [3.63, 3.8) is 0 Å². The van der Waals surface area contributed by atoms with Gasteiger partial charge in [0.2, 0.25) is 5.91 Å². The van der Waals surface area contributed by atoms with Crippen LogP contribution >= 0.6 is 11.8 Å². The van der Waals surface area contributed by atoms with Crippen LogP contribution in [0.15, 0.2) is 53.5 Å². The predicted molar refractivity (Wildman–Crippen MR) is 94.3 cm³/mol. The second-order valence-corrected chi connectivity index (χ2v) is 7.20. The van der Waals surface area contributed by atoms with E-state index in [1.54, 1.807) is 19.2 Å². The normalized spacial score (nSPS) is 21.8. The smallest absolute Gasteiger partial charge is 0.242 e. The molecule has 0 spiro atoms. The minimum atomic E-state index is -0.631. The molecule has 2 aromatic carbocycles. The summed E-state index contributed by atoms with van der Waals surface area (Å²) >= 11 is 1.39.